The number of hydrogen-bond donors (Lipinski definition) is 0. The standard InChI is InChI=1S/C18H28BrNO/c1-13(2)8-10-20(11-9-14(3)4)18-12-16(19)6-7-17(18)15(5)21/h6-7,12-14H,8-11H2,1-5H3. The molecule has 1 aromatic rings. The summed E-state index contributed by atoms with van der Waals surface area (Å²) < 4.78 is 1.03. The largest absolute Gasteiger partial charge is 0.371 e. The first-order valence-electron chi connectivity index (χ1n) is 7.86. The first-order chi connectivity index (χ1) is 9.81. The molecule has 0 unspecified atom stereocenters. The summed E-state index contributed by atoms with van der Waals surface area (Å²) in [4.78, 5) is 14.3. The van der Waals surface area contributed by atoms with Crippen molar-refractivity contribution in [1.29, 1.82) is 0 Å². The molecule has 0 radical (unpaired) electrons. The molecule has 0 atom stereocenters. The normalized spacial score (nSPS) is 11.2. The lowest BCUT2D eigenvalue weighted by molar-refractivity contribution is 0.101. The van der Waals surface area contributed by atoms with Crippen LogP contribution in [-0.2, 0) is 0 Å². The number of carbonyl (C=O) groups excluding carboxylic acids is 1. The number of Topliss-reactive ketones (excluding diaryl/α,β-unsaturated/α-hetero) is 1. The second-order valence-electron chi connectivity index (χ2n) is 6.57. The van der Waals surface area contributed by atoms with Crippen LogP contribution in [0.4, 0.5) is 5.69 Å². The fourth-order valence-electron chi connectivity index (χ4n) is 2.24. The minimum atomic E-state index is 0.136. The van der Waals surface area contributed by atoms with Gasteiger partial charge in [0, 0.05) is 28.8 Å². The van der Waals surface area contributed by atoms with Gasteiger partial charge >= 0.3 is 0 Å². The smallest absolute Gasteiger partial charge is 0.161 e. The summed E-state index contributed by atoms with van der Waals surface area (Å²) >= 11 is 3.54. The van der Waals surface area contributed by atoms with Crippen LogP contribution >= 0.6 is 15.9 Å². The van der Waals surface area contributed by atoms with Crippen LogP contribution in [0, 0.1) is 11.8 Å². The fraction of sp³-hybridized carbons (Fsp3) is 0.611. The SMILES string of the molecule is CC(=O)c1ccc(Br)cc1N(CCC(C)C)CCC(C)C. The molecule has 0 N–H and O–H groups in total. The van der Waals surface area contributed by atoms with Crippen LogP contribution in [0.25, 0.3) is 0 Å². The van der Waals surface area contributed by atoms with E-state index in [1.807, 2.05) is 12.1 Å². The third-order valence-corrected chi connectivity index (χ3v) is 4.13. The molecule has 0 aliphatic rings. The molecule has 21 heavy (non-hydrogen) atoms. The van der Waals surface area contributed by atoms with E-state index in [1.165, 1.54) is 0 Å². The number of halogens is 1. The van der Waals surface area contributed by atoms with Gasteiger partial charge in [0.25, 0.3) is 0 Å². The van der Waals surface area contributed by atoms with Crippen LogP contribution in [0.2, 0.25) is 0 Å². The van der Waals surface area contributed by atoms with E-state index in [2.05, 4.69) is 54.6 Å². The van der Waals surface area contributed by atoms with Gasteiger partial charge < -0.3 is 4.90 Å². The zero-order valence-electron chi connectivity index (χ0n) is 13.9. The molecule has 0 heterocycles. The van der Waals surface area contributed by atoms with Crippen molar-refractivity contribution >= 4 is 27.4 Å². The van der Waals surface area contributed by atoms with Crippen molar-refractivity contribution in [1.82, 2.24) is 0 Å². The molecule has 0 aromatic heterocycles. The van der Waals surface area contributed by atoms with Crippen LogP contribution in [0.3, 0.4) is 0 Å². The highest BCUT2D eigenvalue weighted by Crippen LogP contribution is 2.27. The first-order valence-corrected chi connectivity index (χ1v) is 8.66. The van der Waals surface area contributed by atoms with E-state index in [-0.39, 0.29) is 5.78 Å². The molecule has 118 valence electrons. The Morgan fingerprint density at radius 2 is 1.62 bits per heavy atom. The third kappa shape index (κ3) is 6.21. The average molecular weight is 354 g/mol. The van der Waals surface area contributed by atoms with Crippen LogP contribution in [0.5, 0.6) is 0 Å². The quantitative estimate of drug-likeness (QED) is 0.571. The molecule has 2 nitrogen and oxygen atoms in total. The van der Waals surface area contributed by atoms with Crippen molar-refractivity contribution in [3.8, 4) is 0 Å². The fourth-order valence-corrected chi connectivity index (χ4v) is 2.59. The summed E-state index contributed by atoms with van der Waals surface area (Å²) in [5.41, 5.74) is 1.89. The summed E-state index contributed by atoms with van der Waals surface area (Å²) in [7, 11) is 0. The molecule has 0 saturated heterocycles. The molecule has 0 fully saturated rings. The number of rotatable bonds is 8. The van der Waals surface area contributed by atoms with Crippen molar-refractivity contribution < 1.29 is 4.79 Å². The molecule has 0 saturated carbocycles. The maximum Gasteiger partial charge on any atom is 0.161 e. The van der Waals surface area contributed by atoms with E-state index in [0.717, 1.165) is 41.7 Å². The molecule has 1 rings (SSSR count). The summed E-state index contributed by atoms with van der Waals surface area (Å²) in [5.74, 6) is 1.47. The monoisotopic (exact) mass is 353 g/mol. The Hall–Kier alpha value is -0.830. The van der Waals surface area contributed by atoms with E-state index >= 15 is 0 Å². The molecular formula is C18H28BrNO. The van der Waals surface area contributed by atoms with Crippen LogP contribution in [-0.4, -0.2) is 18.9 Å². The van der Waals surface area contributed by atoms with E-state index < -0.39 is 0 Å². The molecule has 1 aromatic carbocycles. The maximum absolute atomic E-state index is 11.9. The van der Waals surface area contributed by atoms with Gasteiger partial charge in [0.1, 0.15) is 0 Å². The topological polar surface area (TPSA) is 20.3 Å². The minimum Gasteiger partial charge on any atom is -0.371 e. The van der Waals surface area contributed by atoms with Gasteiger partial charge in [0.05, 0.1) is 0 Å². The molecule has 3 heteroatoms. The van der Waals surface area contributed by atoms with Crippen LogP contribution in [0.15, 0.2) is 22.7 Å². The number of carbonyl (C=O) groups is 1. The van der Waals surface area contributed by atoms with Gasteiger partial charge in [0.2, 0.25) is 0 Å². The molecule has 0 bridgehead atoms. The highest BCUT2D eigenvalue weighted by Gasteiger charge is 2.15. The molecule has 0 aliphatic heterocycles. The van der Waals surface area contributed by atoms with Crippen molar-refractivity contribution in [3.05, 3.63) is 28.2 Å². The average Bonchev–Trinajstić information content (AvgIpc) is 2.37. The summed E-state index contributed by atoms with van der Waals surface area (Å²) in [6.07, 6.45) is 2.28. The maximum atomic E-state index is 11.9. The Morgan fingerprint density at radius 1 is 1.10 bits per heavy atom. The van der Waals surface area contributed by atoms with Crippen molar-refractivity contribution in [2.75, 3.05) is 18.0 Å². The number of benzene rings is 1. The van der Waals surface area contributed by atoms with Crippen molar-refractivity contribution in [2.45, 2.75) is 47.5 Å². The van der Waals surface area contributed by atoms with Gasteiger partial charge in [-0.15, -0.1) is 0 Å². The molecule has 0 spiro atoms. The van der Waals surface area contributed by atoms with E-state index in [4.69, 9.17) is 0 Å². The predicted octanol–water partition coefficient (Wildman–Crippen LogP) is 5.55. The van der Waals surface area contributed by atoms with Crippen molar-refractivity contribution in [2.24, 2.45) is 11.8 Å². The number of nitrogens with zero attached hydrogens (tertiary/aromatic N) is 1. The van der Waals surface area contributed by atoms with E-state index in [0.29, 0.717) is 11.8 Å². The highest BCUT2D eigenvalue weighted by molar-refractivity contribution is 9.10. The third-order valence-electron chi connectivity index (χ3n) is 3.63. The molecule has 0 amide bonds. The summed E-state index contributed by atoms with van der Waals surface area (Å²) in [5, 5.41) is 0. The van der Waals surface area contributed by atoms with Gasteiger partial charge in [-0.3, -0.25) is 4.79 Å². The second-order valence-corrected chi connectivity index (χ2v) is 7.49. The lowest BCUT2D eigenvalue weighted by atomic mass is 10.0. The molecule has 0 aliphatic carbocycles. The van der Waals surface area contributed by atoms with Gasteiger partial charge in [-0.2, -0.15) is 0 Å². The van der Waals surface area contributed by atoms with Crippen molar-refractivity contribution in [3.63, 3.8) is 0 Å². The zero-order chi connectivity index (χ0) is 16.0. The lowest BCUT2D eigenvalue weighted by Gasteiger charge is -2.28. The van der Waals surface area contributed by atoms with E-state index in [9.17, 15) is 4.79 Å². The zero-order valence-corrected chi connectivity index (χ0v) is 15.5. The Bertz CT molecular complexity index is 456. The number of hydrogen-bond acceptors (Lipinski definition) is 2. The predicted molar refractivity (Wildman–Crippen MR) is 95.3 cm³/mol. The summed E-state index contributed by atoms with van der Waals surface area (Å²) in [6, 6.07) is 5.96. The Balaban J connectivity index is 3.04. The van der Waals surface area contributed by atoms with Gasteiger partial charge in [-0.25, -0.2) is 0 Å². The Kier molecular flexibility index (Phi) is 7.44. The lowest BCUT2D eigenvalue weighted by Crippen LogP contribution is -2.29. The first kappa shape index (κ1) is 18.2. The van der Waals surface area contributed by atoms with E-state index in [1.54, 1.807) is 6.92 Å². The highest BCUT2D eigenvalue weighted by atomic mass is 79.9. The Labute approximate surface area is 138 Å². The van der Waals surface area contributed by atoms with Gasteiger partial charge in [-0.05, 0) is 49.8 Å². The minimum absolute atomic E-state index is 0.136. The number of ketones is 1. The second kappa shape index (κ2) is 8.57. The summed E-state index contributed by atoms with van der Waals surface area (Å²) in [6.45, 7) is 12.6. The molecular weight excluding hydrogens is 326 g/mol. The number of anilines is 1. The Morgan fingerprint density at radius 3 is 2.05 bits per heavy atom. The van der Waals surface area contributed by atoms with Crippen LogP contribution < -0.4 is 4.90 Å². The van der Waals surface area contributed by atoms with Gasteiger partial charge in [-0.1, -0.05) is 43.6 Å². The van der Waals surface area contributed by atoms with Crippen LogP contribution in [0.1, 0.15) is 57.8 Å². The van der Waals surface area contributed by atoms with Gasteiger partial charge in [0.15, 0.2) is 5.78 Å².